The zero-order chi connectivity index (χ0) is 11.1. The van der Waals surface area contributed by atoms with Gasteiger partial charge in [-0.2, -0.15) is 0 Å². The van der Waals surface area contributed by atoms with Crippen LogP contribution in [0.25, 0.3) is 0 Å². The highest BCUT2D eigenvalue weighted by Gasteiger charge is 2.36. The number of sulfone groups is 1. The molecule has 1 aromatic rings. The number of nitrogens with two attached hydrogens (primary N) is 1. The summed E-state index contributed by atoms with van der Waals surface area (Å²) >= 11 is 0. The fraction of sp³-hybridized carbons (Fsp3) is 0.667. The summed E-state index contributed by atoms with van der Waals surface area (Å²) in [6.07, 6.45) is 1.17. The summed E-state index contributed by atoms with van der Waals surface area (Å²) in [7, 11) is -2.84. The normalized spacial score (nSPS) is 23.8. The summed E-state index contributed by atoms with van der Waals surface area (Å²) < 4.78 is 27.4. The third kappa shape index (κ3) is 1.99. The second kappa shape index (κ2) is 3.23. The lowest BCUT2D eigenvalue weighted by atomic mass is 9.81. The molecule has 0 amide bonds. The summed E-state index contributed by atoms with van der Waals surface area (Å²) in [6.45, 7) is 2.00. The molecule has 0 unspecified atom stereocenters. The minimum Gasteiger partial charge on any atom is -0.368 e. The van der Waals surface area contributed by atoms with E-state index in [1.54, 1.807) is 6.07 Å². The second-order valence-electron chi connectivity index (χ2n) is 4.33. The molecule has 84 valence electrons. The molecule has 1 aromatic heterocycles. The minimum absolute atomic E-state index is 0.216. The molecule has 0 saturated carbocycles. The minimum atomic E-state index is -2.84. The average molecular weight is 230 g/mol. The molecule has 2 rings (SSSR count). The van der Waals surface area contributed by atoms with Gasteiger partial charge < -0.3 is 10.3 Å². The summed E-state index contributed by atoms with van der Waals surface area (Å²) in [5, 5.41) is 3.86. The largest absolute Gasteiger partial charge is 0.368 e. The third-order valence-corrected chi connectivity index (χ3v) is 4.73. The van der Waals surface area contributed by atoms with Gasteiger partial charge in [-0.15, -0.1) is 0 Å². The van der Waals surface area contributed by atoms with Crippen LogP contribution in [-0.2, 0) is 15.3 Å². The molecule has 0 aromatic carbocycles. The van der Waals surface area contributed by atoms with Gasteiger partial charge in [0.1, 0.15) is 9.84 Å². The summed E-state index contributed by atoms with van der Waals surface area (Å²) in [5.41, 5.74) is 5.99. The molecule has 0 spiro atoms. The van der Waals surface area contributed by atoms with E-state index in [2.05, 4.69) is 5.16 Å². The van der Waals surface area contributed by atoms with Crippen LogP contribution in [0.3, 0.4) is 0 Å². The highest BCUT2D eigenvalue weighted by atomic mass is 32.2. The molecule has 2 heterocycles. The molecular weight excluding hydrogens is 216 g/mol. The molecule has 6 heteroatoms. The van der Waals surface area contributed by atoms with Crippen LogP contribution in [0.15, 0.2) is 10.6 Å². The van der Waals surface area contributed by atoms with Crippen LogP contribution in [0, 0.1) is 0 Å². The van der Waals surface area contributed by atoms with Crippen molar-refractivity contribution in [2.45, 2.75) is 25.2 Å². The van der Waals surface area contributed by atoms with Gasteiger partial charge in [0, 0.05) is 11.5 Å². The number of nitrogens with zero attached hydrogens (tertiary/aromatic N) is 1. The summed E-state index contributed by atoms with van der Waals surface area (Å²) in [5.74, 6) is 0.714. The van der Waals surface area contributed by atoms with Crippen molar-refractivity contribution < 1.29 is 12.9 Å². The van der Waals surface area contributed by atoms with Gasteiger partial charge in [0.05, 0.1) is 17.2 Å². The van der Waals surface area contributed by atoms with E-state index in [9.17, 15) is 8.42 Å². The lowest BCUT2D eigenvalue weighted by molar-refractivity contribution is 0.361. The van der Waals surface area contributed by atoms with Gasteiger partial charge in [-0.1, -0.05) is 12.1 Å². The van der Waals surface area contributed by atoms with Crippen molar-refractivity contribution in [3.63, 3.8) is 0 Å². The van der Waals surface area contributed by atoms with Crippen molar-refractivity contribution in [3.05, 3.63) is 11.8 Å². The smallest absolute Gasteiger partial charge is 0.222 e. The Balaban J connectivity index is 2.23. The Morgan fingerprint density at radius 2 is 2.07 bits per heavy atom. The van der Waals surface area contributed by atoms with E-state index in [1.807, 2.05) is 6.92 Å². The Morgan fingerprint density at radius 3 is 2.53 bits per heavy atom. The Bertz CT molecular complexity index is 449. The molecule has 5 nitrogen and oxygen atoms in total. The van der Waals surface area contributed by atoms with E-state index >= 15 is 0 Å². The maximum Gasteiger partial charge on any atom is 0.222 e. The van der Waals surface area contributed by atoms with Crippen molar-refractivity contribution in [2.75, 3.05) is 17.2 Å². The van der Waals surface area contributed by atoms with Gasteiger partial charge in [-0.05, 0) is 12.8 Å². The number of anilines is 1. The van der Waals surface area contributed by atoms with E-state index in [1.165, 1.54) is 0 Å². The quantitative estimate of drug-likeness (QED) is 0.768. The lowest BCUT2D eigenvalue weighted by Crippen LogP contribution is -2.34. The number of nitrogen functional groups attached to an aromatic ring is 1. The fourth-order valence-electron chi connectivity index (χ4n) is 1.82. The molecule has 1 saturated heterocycles. The molecular formula is C9H14N2O3S. The lowest BCUT2D eigenvalue weighted by Gasteiger charge is -2.30. The monoisotopic (exact) mass is 230 g/mol. The highest BCUT2D eigenvalue weighted by molar-refractivity contribution is 7.91. The summed E-state index contributed by atoms with van der Waals surface area (Å²) in [6, 6.07) is 1.68. The molecule has 1 aliphatic rings. The van der Waals surface area contributed by atoms with Crippen molar-refractivity contribution in [2.24, 2.45) is 0 Å². The van der Waals surface area contributed by atoms with Crippen LogP contribution in [-0.4, -0.2) is 25.1 Å². The van der Waals surface area contributed by atoms with E-state index in [0.717, 1.165) is 5.69 Å². The van der Waals surface area contributed by atoms with Gasteiger partial charge in [0.2, 0.25) is 5.88 Å². The number of aromatic nitrogens is 1. The van der Waals surface area contributed by atoms with Crippen LogP contribution >= 0.6 is 0 Å². The van der Waals surface area contributed by atoms with Crippen LogP contribution in [0.1, 0.15) is 25.5 Å². The molecule has 1 fully saturated rings. The Hall–Kier alpha value is -1.04. The van der Waals surface area contributed by atoms with Crippen molar-refractivity contribution in [1.82, 2.24) is 5.16 Å². The number of hydrogen-bond donors (Lipinski definition) is 1. The Labute approximate surface area is 88.5 Å². The molecule has 1 aliphatic heterocycles. The van der Waals surface area contributed by atoms with Gasteiger partial charge in [-0.3, -0.25) is 0 Å². The first-order valence-corrected chi connectivity index (χ1v) is 6.67. The van der Waals surface area contributed by atoms with Crippen molar-refractivity contribution in [1.29, 1.82) is 0 Å². The zero-order valence-corrected chi connectivity index (χ0v) is 9.38. The maximum atomic E-state index is 11.3. The van der Waals surface area contributed by atoms with Gasteiger partial charge in [0.15, 0.2) is 0 Å². The second-order valence-corrected chi connectivity index (χ2v) is 6.63. The van der Waals surface area contributed by atoms with Crippen LogP contribution in [0.5, 0.6) is 0 Å². The van der Waals surface area contributed by atoms with Crippen LogP contribution in [0.4, 0.5) is 5.88 Å². The average Bonchev–Trinajstić information content (AvgIpc) is 2.59. The van der Waals surface area contributed by atoms with E-state index in [4.69, 9.17) is 10.3 Å². The Kier molecular flexibility index (Phi) is 2.26. The van der Waals surface area contributed by atoms with Crippen LogP contribution < -0.4 is 5.73 Å². The first kappa shape index (κ1) is 10.5. The molecule has 15 heavy (non-hydrogen) atoms. The van der Waals surface area contributed by atoms with Gasteiger partial charge in [-0.25, -0.2) is 8.42 Å². The standard InChI is InChI=1S/C9H14N2O3S/c1-9(7-6-8(10)14-11-7)2-4-15(12,13)5-3-9/h6H,2-5,10H2,1H3. The SMILES string of the molecule is CC1(c2cc(N)on2)CCS(=O)(=O)CC1. The van der Waals surface area contributed by atoms with Crippen LogP contribution in [0.2, 0.25) is 0 Å². The highest BCUT2D eigenvalue weighted by Crippen LogP contribution is 2.35. The molecule has 0 bridgehead atoms. The number of rotatable bonds is 1. The molecule has 0 aliphatic carbocycles. The van der Waals surface area contributed by atoms with E-state index in [-0.39, 0.29) is 22.8 Å². The van der Waals surface area contributed by atoms with E-state index < -0.39 is 9.84 Å². The first-order chi connectivity index (χ1) is 6.91. The van der Waals surface area contributed by atoms with Crippen molar-refractivity contribution in [3.8, 4) is 0 Å². The Morgan fingerprint density at radius 1 is 1.47 bits per heavy atom. The predicted molar refractivity (Wildman–Crippen MR) is 56.2 cm³/mol. The molecule has 2 N–H and O–H groups in total. The third-order valence-electron chi connectivity index (χ3n) is 3.08. The van der Waals surface area contributed by atoms with E-state index in [0.29, 0.717) is 12.8 Å². The van der Waals surface area contributed by atoms with Crippen molar-refractivity contribution >= 4 is 15.7 Å². The zero-order valence-electron chi connectivity index (χ0n) is 8.56. The molecule has 0 radical (unpaired) electrons. The molecule has 0 atom stereocenters. The maximum absolute atomic E-state index is 11.3. The first-order valence-electron chi connectivity index (χ1n) is 4.84. The number of hydrogen-bond acceptors (Lipinski definition) is 5. The van der Waals surface area contributed by atoms with Gasteiger partial charge in [0.25, 0.3) is 0 Å². The predicted octanol–water partition coefficient (Wildman–Crippen LogP) is 0.723. The fourth-order valence-corrected chi connectivity index (χ4v) is 3.55. The summed E-state index contributed by atoms with van der Waals surface area (Å²) in [4.78, 5) is 0. The topological polar surface area (TPSA) is 86.2 Å². The van der Waals surface area contributed by atoms with Gasteiger partial charge >= 0.3 is 0 Å².